The van der Waals surface area contributed by atoms with Crippen molar-refractivity contribution >= 4 is 5.91 Å². The number of carbonyl (C=O) groups excluding carboxylic acids is 1. The van der Waals surface area contributed by atoms with Crippen molar-refractivity contribution in [3.63, 3.8) is 0 Å². The number of nitrogens with zero attached hydrogens (tertiary/aromatic N) is 2. The van der Waals surface area contributed by atoms with E-state index in [4.69, 9.17) is 0 Å². The van der Waals surface area contributed by atoms with Gasteiger partial charge in [0.2, 0.25) is 5.91 Å². The Morgan fingerprint density at radius 3 is 2.19 bits per heavy atom. The molecule has 1 amide bonds. The lowest BCUT2D eigenvalue weighted by atomic mass is 9.94. The van der Waals surface area contributed by atoms with Gasteiger partial charge in [-0.3, -0.25) is 9.69 Å². The third kappa shape index (κ3) is 3.83. The van der Waals surface area contributed by atoms with Gasteiger partial charge < -0.3 is 4.90 Å². The first-order chi connectivity index (χ1) is 12.8. The Labute approximate surface area is 156 Å². The third-order valence-electron chi connectivity index (χ3n) is 5.91. The normalized spacial score (nSPS) is 21.8. The van der Waals surface area contributed by atoms with Gasteiger partial charge in [0.1, 0.15) is 0 Å². The Bertz CT molecular complexity index is 708. The summed E-state index contributed by atoms with van der Waals surface area (Å²) in [7, 11) is 0. The number of rotatable bonds is 4. The smallest absolute Gasteiger partial charge is 0.226 e. The van der Waals surface area contributed by atoms with E-state index in [-0.39, 0.29) is 12.0 Å². The molecule has 136 valence electrons. The quantitative estimate of drug-likeness (QED) is 0.824. The fraction of sp³-hybridized carbons (Fsp3) is 0.435. The zero-order valence-electron chi connectivity index (χ0n) is 15.4. The summed E-state index contributed by atoms with van der Waals surface area (Å²) in [6.07, 6.45) is 4.20. The van der Waals surface area contributed by atoms with Crippen molar-refractivity contribution in [3.8, 4) is 0 Å². The first kappa shape index (κ1) is 17.3. The van der Waals surface area contributed by atoms with E-state index >= 15 is 0 Å². The summed E-state index contributed by atoms with van der Waals surface area (Å²) in [6.45, 7) is 3.96. The van der Waals surface area contributed by atoms with Gasteiger partial charge in [-0.05, 0) is 49.9 Å². The van der Waals surface area contributed by atoms with Gasteiger partial charge in [-0.1, -0.05) is 60.7 Å². The average Bonchev–Trinajstić information content (AvgIpc) is 3.19. The largest absolute Gasteiger partial charge is 0.335 e. The Morgan fingerprint density at radius 2 is 1.50 bits per heavy atom. The molecule has 0 aliphatic carbocycles. The van der Waals surface area contributed by atoms with E-state index in [0.29, 0.717) is 5.91 Å². The Balaban J connectivity index is 1.34. The number of piperidine rings is 1. The fourth-order valence-electron chi connectivity index (χ4n) is 4.47. The number of hydrogen-bond acceptors (Lipinski definition) is 2. The number of likely N-dealkylation sites (tertiary alicyclic amines) is 2. The highest BCUT2D eigenvalue weighted by molar-refractivity contribution is 5.79. The molecule has 2 heterocycles. The van der Waals surface area contributed by atoms with Gasteiger partial charge in [-0.25, -0.2) is 0 Å². The van der Waals surface area contributed by atoms with Crippen LogP contribution >= 0.6 is 0 Å². The summed E-state index contributed by atoms with van der Waals surface area (Å²) < 4.78 is 0. The summed E-state index contributed by atoms with van der Waals surface area (Å²) in [5.41, 5.74) is 2.65. The van der Waals surface area contributed by atoms with Crippen LogP contribution in [-0.2, 0) is 11.3 Å². The second kappa shape index (κ2) is 8.05. The van der Waals surface area contributed by atoms with E-state index in [1.165, 1.54) is 11.1 Å². The zero-order valence-corrected chi connectivity index (χ0v) is 15.4. The lowest BCUT2D eigenvalue weighted by molar-refractivity contribution is -0.138. The number of carbonyl (C=O) groups is 1. The van der Waals surface area contributed by atoms with Gasteiger partial charge in [0.15, 0.2) is 0 Å². The molecule has 26 heavy (non-hydrogen) atoms. The SMILES string of the molecule is O=C(C1CCN(Cc2ccccc2)CC1)N1CCCC1c1ccccc1. The Morgan fingerprint density at radius 1 is 0.846 bits per heavy atom. The first-order valence-corrected chi connectivity index (χ1v) is 9.93. The topological polar surface area (TPSA) is 23.6 Å². The van der Waals surface area contributed by atoms with E-state index in [0.717, 1.165) is 51.9 Å². The van der Waals surface area contributed by atoms with Crippen molar-refractivity contribution in [1.29, 1.82) is 0 Å². The molecule has 0 bridgehead atoms. The molecule has 3 nitrogen and oxygen atoms in total. The lowest BCUT2D eigenvalue weighted by Gasteiger charge is -2.35. The summed E-state index contributed by atoms with van der Waals surface area (Å²) in [6, 6.07) is 21.5. The summed E-state index contributed by atoms with van der Waals surface area (Å²) in [5, 5.41) is 0. The van der Waals surface area contributed by atoms with Gasteiger partial charge in [0.05, 0.1) is 6.04 Å². The molecule has 0 spiro atoms. The van der Waals surface area contributed by atoms with Gasteiger partial charge in [-0.2, -0.15) is 0 Å². The molecule has 0 N–H and O–H groups in total. The van der Waals surface area contributed by atoms with Crippen LogP contribution in [0.15, 0.2) is 60.7 Å². The van der Waals surface area contributed by atoms with Crippen LogP contribution in [0.2, 0.25) is 0 Å². The minimum atomic E-state index is 0.200. The summed E-state index contributed by atoms with van der Waals surface area (Å²) >= 11 is 0. The Kier molecular flexibility index (Phi) is 5.35. The molecule has 2 fully saturated rings. The van der Waals surface area contributed by atoms with Crippen molar-refractivity contribution < 1.29 is 4.79 Å². The van der Waals surface area contributed by atoms with Crippen LogP contribution in [-0.4, -0.2) is 35.3 Å². The predicted octanol–water partition coefficient (Wildman–Crippen LogP) is 4.26. The van der Waals surface area contributed by atoms with E-state index in [9.17, 15) is 4.79 Å². The maximum absolute atomic E-state index is 13.2. The second-order valence-corrected chi connectivity index (χ2v) is 7.64. The van der Waals surface area contributed by atoms with Gasteiger partial charge in [-0.15, -0.1) is 0 Å². The highest BCUT2D eigenvalue weighted by Crippen LogP contribution is 2.34. The fourth-order valence-corrected chi connectivity index (χ4v) is 4.47. The Hall–Kier alpha value is -2.13. The van der Waals surface area contributed by atoms with Gasteiger partial charge in [0.25, 0.3) is 0 Å². The van der Waals surface area contributed by atoms with Crippen LogP contribution in [0.3, 0.4) is 0 Å². The highest BCUT2D eigenvalue weighted by atomic mass is 16.2. The van der Waals surface area contributed by atoms with E-state index < -0.39 is 0 Å². The first-order valence-electron chi connectivity index (χ1n) is 9.93. The highest BCUT2D eigenvalue weighted by Gasteiger charge is 2.35. The summed E-state index contributed by atoms with van der Waals surface area (Å²) in [5.74, 6) is 0.585. The molecule has 0 aromatic heterocycles. The molecular weight excluding hydrogens is 320 g/mol. The minimum Gasteiger partial charge on any atom is -0.335 e. The van der Waals surface area contributed by atoms with Gasteiger partial charge in [0, 0.05) is 19.0 Å². The van der Waals surface area contributed by atoms with Crippen LogP contribution in [0.25, 0.3) is 0 Å². The van der Waals surface area contributed by atoms with Crippen LogP contribution in [0.1, 0.15) is 42.9 Å². The van der Waals surface area contributed by atoms with Crippen LogP contribution in [0.5, 0.6) is 0 Å². The van der Waals surface area contributed by atoms with Crippen LogP contribution in [0.4, 0.5) is 0 Å². The maximum atomic E-state index is 13.2. The molecule has 0 saturated carbocycles. The van der Waals surface area contributed by atoms with Crippen molar-refractivity contribution in [2.24, 2.45) is 5.92 Å². The van der Waals surface area contributed by atoms with Crippen molar-refractivity contribution in [2.45, 2.75) is 38.3 Å². The molecule has 2 aromatic rings. The van der Waals surface area contributed by atoms with Crippen molar-refractivity contribution in [3.05, 3.63) is 71.8 Å². The monoisotopic (exact) mass is 348 g/mol. The van der Waals surface area contributed by atoms with Crippen molar-refractivity contribution in [2.75, 3.05) is 19.6 Å². The molecule has 2 aliphatic heterocycles. The number of amides is 1. The standard InChI is InChI=1S/C23H28N2O/c26-23(25-15-7-12-22(25)20-10-5-2-6-11-20)21-13-16-24(17-14-21)18-19-8-3-1-4-9-19/h1-6,8-11,21-22H,7,12-18H2. The number of benzene rings is 2. The minimum absolute atomic E-state index is 0.200. The third-order valence-corrected chi connectivity index (χ3v) is 5.91. The summed E-state index contributed by atoms with van der Waals surface area (Å²) in [4.78, 5) is 17.8. The molecule has 1 atom stereocenters. The van der Waals surface area contributed by atoms with Crippen LogP contribution < -0.4 is 0 Å². The van der Waals surface area contributed by atoms with E-state index in [1.807, 2.05) is 6.07 Å². The molecule has 1 unspecified atom stereocenters. The molecule has 3 heteroatoms. The maximum Gasteiger partial charge on any atom is 0.226 e. The van der Waals surface area contributed by atoms with Gasteiger partial charge >= 0.3 is 0 Å². The van der Waals surface area contributed by atoms with Crippen molar-refractivity contribution in [1.82, 2.24) is 9.80 Å². The lowest BCUT2D eigenvalue weighted by Crippen LogP contribution is -2.42. The predicted molar refractivity (Wildman–Crippen MR) is 105 cm³/mol. The molecule has 2 aliphatic rings. The zero-order chi connectivity index (χ0) is 17.8. The molecule has 4 rings (SSSR count). The average molecular weight is 348 g/mol. The van der Waals surface area contributed by atoms with E-state index in [2.05, 4.69) is 64.4 Å². The molecular formula is C23H28N2O. The molecule has 2 saturated heterocycles. The molecule has 2 aromatic carbocycles. The second-order valence-electron chi connectivity index (χ2n) is 7.64. The van der Waals surface area contributed by atoms with E-state index in [1.54, 1.807) is 0 Å². The molecule has 0 radical (unpaired) electrons. The van der Waals surface area contributed by atoms with Crippen LogP contribution in [0, 0.1) is 5.92 Å². The number of hydrogen-bond donors (Lipinski definition) is 0.